The molecule has 4 heteroatoms. The summed E-state index contributed by atoms with van der Waals surface area (Å²) >= 11 is 0. The molecule has 0 saturated carbocycles. The average molecular weight is 217 g/mol. The lowest BCUT2D eigenvalue weighted by Crippen LogP contribution is -2.39. The highest BCUT2D eigenvalue weighted by Gasteiger charge is 2.15. The maximum Gasteiger partial charge on any atom is 0.0616 e. The third-order valence-corrected chi connectivity index (χ3v) is 2.80. The van der Waals surface area contributed by atoms with Crippen LogP contribution in [-0.2, 0) is 9.47 Å². The third-order valence-electron chi connectivity index (χ3n) is 2.80. The van der Waals surface area contributed by atoms with E-state index in [0.29, 0.717) is 12.5 Å². The van der Waals surface area contributed by atoms with Crippen LogP contribution in [0.1, 0.15) is 19.3 Å². The van der Waals surface area contributed by atoms with Crippen LogP contribution in [0.2, 0.25) is 0 Å². The number of nitrogens with one attached hydrogen (secondary N) is 1. The minimum Gasteiger partial charge on any atom is -0.396 e. The molecule has 1 rings (SSSR count). The Morgan fingerprint density at radius 3 is 3.07 bits per heavy atom. The van der Waals surface area contributed by atoms with Crippen LogP contribution in [0, 0.1) is 5.92 Å². The van der Waals surface area contributed by atoms with Crippen LogP contribution in [0.15, 0.2) is 0 Å². The number of aliphatic hydroxyl groups is 1. The van der Waals surface area contributed by atoms with Crippen molar-refractivity contribution >= 4 is 0 Å². The first kappa shape index (κ1) is 12.9. The maximum atomic E-state index is 8.88. The van der Waals surface area contributed by atoms with E-state index in [9.17, 15) is 0 Å². The molecule has 1 heterocycles. The monoisotopic (exact) mass is 217 g/mol. The van der Waals surface area contributed by atoms with Gasteiger partial charge >= 0.3 is 0 Å². The highest BCUT2D eigenvalue weighted by Crippen LogP contribution is 2.12. The van der Waals surface area contributed by atoms with Gasteiger partial charge in [0.1, 0.15) is 0 Å². The number of methoxy groups -OCH3 is 1. The molecule has 2 atom stereocenters. The molecule has 1 saturated heterocycles. The smallest absolute Gasteiger partial charge is 0.0616 e. The van der Waals surface area contributed by atoms with Crippen molar-refractivity contribution in [3.05, 3.63) is 0 Å². The number of hydrogen-bond donors (Lipinski definition) is 2. The van der Waals surface area contributed by atoms with Crippen LogP contribution in [0.25, 0.3) is 0 Å². The van der Waals surface area contributed by atoms with E-state index in [1.807, 2.05) is 0 Å². The van der Waals surface area contributed by atoms with Crippen molar-refractivity contribution in [1.29, 1.82) is 0 Å². The fraction of sp³-hybridized carbons (Fsp3) is 1.00. The SMILES string of the molecule is COCC(CCO)NCC1CCCOC1. The van der Waals surface area contributed by atoms with Crippen LogP contribution in [0.4, 0.5) is 0 Å². The summed E-state index contributed by atoms with van der Waals surface area (Å²) < 4.78 is 10.5. The molecule has 4 nitrogen and oxygen atoms in total. The summed E-state index contributed by atoms with van der Waals surface area (Å²) in [6.07, 6.45) is 3.16. The molecule has 0 aromatic rings. The van der Waals surface area contributed by atoms with Crippen molar-refractivity contribution in [2.75, 3.05) is 40.1 Å². The van der Waals surface area contributed by atoms with Crippen LogP contribution >= 0.6 is 0 Å². The first-order chi connectivity index (χ1) is 7.36. The molecule has 0 aromatic carbocycles. The molecule has 15 heavy (non-hydrogen) atoms. The largest absolute Gasteiger partial charge is 0.396 e. The Balaban J connectivity index is 2.13. The predicted octanol–water partition coefficient (Wildman–Crippen LogP) is 0.400. The van der Waals surface area contributed by atoms with E-state index >= 15 is 0 Å². The molecule has 1 fully saturated rings. The predicted molar refractivity (Wildman–Crippen MR) is 58.9 cm³/mol. The highest BCUT2D eigenvalue weighted by molar-refractivity contribution is 4.71. The molecule has 0 radical (unpaired) electrons. The van der Waals surface area contributed by atoms with Gasteiger partial charge in [-0.1, -0.05) is 0 Å². The molecule has 0 aromatic heterocycles. The second kappa shape index (κ2) is 8.05. The van der Waals surface area contributed by atoms with Crippen LogP contribution in [0.5, 0.6) is 0 Å². The summed E-state index contributed by atoms with van der Waals surface area (Å²) in [6.45, 7) is 3.62. The summed E-state index contributed by atoms with van der Waals surface area (Å²) in [5, 5.41) is 12.3. The van der Waals surface area contributed by atoms with E-state index in [1.165, 1.54) is 12.8 Å². The van der Waals surface area contributed by atoms with Crippen molar-refractivity contribution in [2.45, 2.75) is 25.3 Å². The molecular weight excluding hydrogens is 194 g/mol. The molecule has 1 aliphatic rings. The Hall–Kier alpha value is -0.160. The summed E-state index contributed by atoms with van der Waals surface area (Å²) in [5.41, 5.74) is 0. The molecule has 1 aliphatic heterocycles. The van der Waals surface area contributed by atoms with Crippen molar-refractivity contribution in [3.63, 3.8) is 0 Å². The van der Waals surface area contributed by atoms with Crippen LogP contribution in [-0.4, -0.2) is 51.2 Å². The molecular formula is C11H23NO3. The van der Waals surface area contributed by atoms with Gasteiger partial charge in [-0.25, -0.2) is 0 Å². The Morgan fingerprint density at radius 1 is 1.60 bits per heavy atom. The average Bonchev–Trinajstić information content (AvgIpc) is 2.28. The molecule has 90 valence electrons. The van der Waals surface area contributed by atoms with E-state index in [2.05, 4.69) is 5.32 Å². The minimum atomic E-state index is 0.211. The van der Waals surface area contributed by atoms with Crippen molar-refractivity contribution < 1.29 is 14.6 Å². The van der Waals surface area contributed by atoms with E-state index < -0.39 is 0 Å². The molecule has 2 unspecified atom stereocenters. The van der Waals surface area contributed by atoms with Crippen molar-refractivity contribution in [1.82, 2.24) is 5.32 Å². The van der Waals surface area contributed by atoms with E-state index in [0.717, 1.165) is 26.2 Å². The fourth-order valence-corrected chi connectivity index (χ4v) is 1.90. The Labute approximate surface area is 92.0 Å². The zero-order valence-corrected chi connectivity index (χ0v) is 9.58. The summed E-state index contributed by atoms with van der Waals surface area (Å²) in [4.78, 5) is 0. The lowest BCUT2D eigenvalue weighted by Gasteiger charge is -2.25. The minimum absolute atomic E-state index is 0.211. The summed E-state index contributed by atoms with van der Waals surface area (Å²) in [7, 11) is 1.69. The lowest BCUT2D eigenvalue weighted by molar-refractivity contribution is 0.0512. The van der Waals surface area contributed by atoms with E-state index in [1.54, 1.807) is 7.11 Å². The van der Waals surface area contributed by atoms with Gasteiger partial charge in [-0.05, 0) is 25.2 Å². The molecule has 0 amide bonds. The Kier molecular flexibility index (Phi) is 6.92. The summed E-state index contributed by atoms with van der Waals surface area (Å²) in [5.74, 6) is 0.622. The number of aliphatic hydroxyl groups excluding tert-OH is 1. The van der Waals surface area contributed by atoms with Gasteiger partial charge in [-0.15, -0.1) is 0 Å². The zero-order chi connectivity index (χ0) is 10.9. The van der Waals surface area contributed by atoms with E-state index in [-0.39, 0.29) is 12.6 Å². The second-order valence-electron chi connectivity index (χ2n) is 4.16. The normalized spacial score (nSPS) is 24.0. The Bertz CT molecular complexity index is 143. The molecule has 0 bridgehead atoms. The van der Waals surface area contributed by atoms with Gasteiger partial charge in [0, 0.05) is 32.9 Å². The van der Waals surface area contributed by atoms with Crippen LogP contribution in [0.3, 0.4) is 0 Å². The van der Waals surface area contributed by atoms with Crippen molar-refractivity contribution in [2.24, 2.45) is 5.92 Å². The summed E-state index contributed by atoms with van der Waals surface area (Å²) in [6, 6.07) is 0.266. The topological polar surface area (TPSA) is 50.7 Å². The quantitative estimate of drug-likeness (QED) is 0.648. The standard InChI is InChI=1S/C11H23NO3/c1-14-9-11(4-5-13)12-7-10-3-2-6-15-8-10/h10-13H,2-9H2,1H3. The maximum absolute atomic E-state index is 8.88. The fourth-order valence-electron chi connectivity index (χ4n) is 1.90. The van der Waals surface area contributed by atoms with Gasteiger partial charge < -0.3 is 19.9 Å². The lowest BCUT2D eigenvalue weighted by atomic mass is 10.0. The number of hydrogen-bond acceptors (Lipinski definition) is 4. The number of ether oxygens (including phenoxy) is 2. The van der Waals surface area contributed by atoms with Crippen molar-refractivity contribution in [3.8, 4) is 0 Å². The first-order valence-corrected chi connectivity index (χ1v) is 5.77. The molecule has 0 aliphatic carbocycles. The van der Waals surface area contributed by atoms with Gasteiger partial charge in [0.15, 0.2) is 0 Å². The van der Waals surface area contributed by atoms with Gasteiger partial charge in [0.25, 0.3) is 0 Å². The highest BCUT2D eigenvalue weighted by atomic mass is 16.5. The van der Waals surface area contributed by atoms with Gasteiger partial charge in [-0.3, -0.25) is 0 Å². The number of rotatable bonds is 7. The van der Waals surface area contributed by atoms with Gasteiger partial charge in [0.05, 0.1) is 13.2 Å². The molecule has 2 N–H and O–H groups in total. The second-order valence-corrected chi connectivity index (χ2v) is 4.16. The third kappa shape index (κ3) is 5.47. The first-order valence-electron chi connectivity index (χ1n) is 5.77. The Morgan fingerprint density at radius 2 is 2.47 bits per heavy atom. The zero-order valence-electron chi connectivity index (χ0n) is 9.58. The van der Waals surface area contributed by atoms with Gasteiger partial charge in [-0.2, -0.15) is 0 Å². The van der Waals surface area contributed by atoms with Crippen LogP contribution < -0.4 is 5.32 Å². The van der Waals surface area contributed by atoms with E-state index in [4.69, 9.17) is 14.6 Å². The molecule has 0 spiro atoms. The van der Waals surface area contributed by atoms with Gasteiger partial charge in [0.2, 0.25) is 0 Å².